The molecule has 2 aliphatic rings. The molecule has 4 amide bonds. The van der Waals surface area contributed by atoms with E-state index in [2.05, 4.69) is 15.6 Å². The Morgan fingerprint density at radius 1 is 0.979 bits per heavy atom. The van der Waals surface area contributed by atoms with Crippen LogP contribution < -0.4 is 20.4 Å². The molecule has 3 aromatic carbocycles. The first-order valence-corrected chi connectivity index (χ1v) is 15.0. The summed E-state index contributed by atoms with van der Waals surface area (Å²) in [6, 6.07) is 18.8. The number of halogens is 1. The number of amides is 4. The first kappa shape index (κ1) is 32.2. The molecule has 14 heteroatoms. The normalized spacial score (nSPS) is 19.0. The van der Waals surface area contributed by atoms with Gasteiger partial charge < -0.3 is 30.1 Å². The predicted molar refractivity (Wildman–Crippen MR) is 169 cm³/mol. The second kappa shape index (κ2) is 13.9. The summed E-state index contributed by atoms with van der Waals surface area (Å²) in [5.41, 5.74) is 0.719. The van der Waals surface area contributed by atoms with Gasteiger partial charge in [-0.25, -0.2) is 4.39 Å². The lowest BCUT2D eigenvalue weighted by Crippen LogP contribution is -2.55. The van der Waals surface area contributed by atoms with E-state index in [-0.39, 0.29) is 30.1 Å². The predicted octanol–water partition coefficient (Wildman–Crippen LogP) is 1.82. The largest absolute Gasteiger partial charge is 0.433 e. The number of carbonyl (C=O) groups is 5. The van der Waals surface area contributed by atoms with Crippen molar-refractivity contribution in [1.82, 2.24) is 15.6 Å². The van der Waals surface area contributed by atoms with E-state index in [1.807, 2.05) is 30.3 Å². The number of aliphatic hydroxyl groups excluding tert-OH is 1. The molecule has 1 aromatic heterocycles. The fourth-order valence-corrected chi connectivity index (χ4v) is 5.68. The fourth-order valence-electron chi connectivity index (χ4n) is 5.68. The number of aromatic nitrogens is 1. The van der Waals surface area contributed by atoms with Gasteiger partial charge in [0.25, 0.3) is 17.7 Å². The number of nitrogens with zero attached hydrogens (tertiary/aromatic N) is 3. The highest BCUT2D eigenvalue weighted by molar-refractivity contribution is 6.12. The number of carbonyl (C=O) groups excluding carboxylic acids is 5. The first-order valence-electron chi connectivity index (χ1n) is 15.0. The van der Waals surface area contributed by atoms with Gasteiger partial charge in [0.1, 0.15) is 36.7 Å². The van der Waals surface area contributed by atoms with Crippen LogP contribution in [-0.2, 0) is 35.3 Å². The fraction of sp³-hybridized carbons (Fsp3) is 0.235. The van der Waals surface area contributed by atoms with Crippen molar-refractivity contribution in [1.29, 1.82) is 0 Å². The Bertz CT molecular complexity index is 1880. The number of benzene rings is 3. The highest BCUT2D eigenvalue weighted by Gasteiger charge is 2.40. The summed E-state index contributed by atoms with van der Waals surface area (Å²) in [4.78, 5) is 72.4. The van der Waals surface area contributed by atoms with Gasteiger partial charge in [-0.2, -0.15) is 0 Å². The highest BCUT2D eigenvalue weighted by Crippen LogP contribution is 2.34. The number of aliphatic hydroxyl groups is 1. The Morgan fingerprint density at radius 3 is 2.54 bits per heavy atom. The van der Waals surface area contributed by atoms with E-state index in [4.69, 9.17) is 9.47 Å². The van der Waals surface area contributed by atoms with Crippen LogP contribution >= 0.6 is 0 Å². The standard InChI is InChI=1S/C34H30FN5O8/c35-22-10-11-26-27(14-22)39(29(43)18-41)16-25(38-32(45)31-23-9-5-4-8-21(23)12-13-36-31)33(46)40(26)17-28(42)37-24-15-30(44)48-34(24)47-19-20-6-2-1-3-7-20/h1-14,24-25,34,41H,15-19H2,(H,37,42)(H,38,45). The van der Waals surface area contributed by atoms with Crippen molar-refractivity contribution in [2.24, 2.45) is 0 Å². The zero-order chi connectivity index (χ0) is 33.8. The van der Waals surface area contributed by atoms with Gasteiger partial charge in [-0.1, -0.05) is 54.6 Å². The average Bonchev–Trinajstić information content (AvgIpc) is 3.40. The molecule has 0 saturated carbocycles. The van der Waals surface area contributed by atoms with Crippen LogP contribution in [0.5, 0.6) is 0 Å². The van der Waals surface area contributed by atoms with E-state index in [0.29, 0.717) is 5.39 Å². The van der Waals surface area contributed by atoms with Gasteiger partial charge in [-0.15, -0.1) is 0 Å². The number of hydrogen-bond donors (Lipinski definition) is 3. The minimum Gasteiger partial charge on any atom is -0.433 e. The van der Waals surface area contributed by atoms with E-state index in [1.54, 1.807) is 30.3 Å². The van der Waals surface area contributed by atoms with E-state index in [9.17, 15) is 33.5 Å². The molecule has 2 aliphatic heterocycles. The summed E-state index contributed by atoms with van der Waals surface area (Å²) in [7, 11) is 0. The van der Waals surface area contributed by atoms with Crippen molar-refractivity contribution in [3.05, 3.63) is 102 Å². The number of nitrogens with one attached hydrogen (secondary N) is 2. The number of hydrogen-bond acceptors (Lipinski definition) is 9. The molecule has 3 atom stereocenters. The molecule has 48 heavy (non-hydrogen) atoms. The Labute approximate surface area is 273 Å². The summed E-state index contributed by atoms with van der Waals surface area (Å²) < 4.78 is 25.6. The summed E-state index contributed by atoms with van der Waals surface area (Å²) in [5.74, 6) is -4.46. The molecular formula is C34H30FN5O8. The third-order valence-corrected chi connectivity index (χ3v) is 7.95. The number of rotatable bonds is 9. The number of esters is 1. The molecule has 0 radical (unpaired) electrons. The molecule has 4 aromatic rings. The Balaban J connectivity index is 1.27. The number of pyridine rings is 1. The molecular weight excluding hydrogens is 625 g/mol. The lowest BCUT2D eigenvalue weighted by molar-refractivity contribution is -0.168. The molecule has 0 bridgehead atoms. The van der Waals surface area contributed by atoms with Crippen molar-refractivity contribution < 1.29 is 42.9 Å². The third kappa shape index (κ3) is 6.84. The number of ether oxygens (including phenoxy) is 2. The Kier molecular flexibility index (Phi) is 9.36. The smallest absolute Gasteiger partial charge is 0.310 e. The minimum absolute atomic E-state index is 0.0190. The molecule has 0 spiro atoms. The Hall–Kier alpha value is -5.73. The van der Waals surface area contributed by atoms with Gasteiger partial charge in [-0.05, 0) is 35.2 Å². The maximum atomic E-state index is 14.6. The quantitative estimate of drug-likeness (QED) is 0.228. The second-order valence-corrected chi connectivity index (χ2v) is 11.2. The topological polar surface area (TPSA) is 167 Å². The zero-order valence-corrected chi connectivity index (χ0v) is 25.4. The van der Waals surface area contributed by atoms with Gasteiger partial charge in [0, 0.05) is 11.6 Å². The summed E-state index contributed by atoms with van der Waals surface area (Å²) in [6.45, 7) is -2.00. The van der Waals surface area contributed by atoms with Crippen LogP contribution in [-0.4, -0.2) is 77.8 Å². The van der Waals surface area contributed by atoms with E-state index in [0.717, 1.165) is 32.9 Å². The van der Waals surface area contributed by atoms with E-state index in [1.165, 1.54) is 12.3 Å². The number of anilines is 2. The number of cyclic esters (lactones) is 1. The molecule has 1 saturated heterocycles. The molecule has 246 valence electrons. The third-order valence-electron chi connectivity index (χ3n) is 7.95. The van der Waals surface area contributed by atoms with E-state index >= 15 is 0 Å². The molecule has 13 nitrogen and oxygen atoms in total. The minimum atomic E-state index is -1.45. The van der Waals surface area contributed by atoms with E-state index < -0.39 is 73.5 Å². The monoisotopic (exact) mass is 655 g/mol. The van der Waals surface area contributed by atoms with Crippen molar-refractivity contribution in [3.8, 4) is 0 Å². The first-order chi connectivity index (χ1) is 23.2. The van der Waals surface area contributed by atoms with Crippen LogP contribution in [0.25, 0.3) is 10.8 Å². The summed E-state index contributed by atoms with van der Waals surface area (Å²) >= 11 is 0. The van der Waals surface area contributed by atoms with Gasteiger partial charge in [0.2, 0.25) is 12.2 Å². The van der Waals surface area contributed by atoms with Crippen molar-refractivity contribution in [2.45, 2.75) is 31.4 Å². The molecule has 3 heterocycles. The second-order valence-electron chi connectivity index (χ2n) is 11.2. The Morgan fingerprint density at radius 2 is 1.75 bits per heavy atom. The van der Waals surface area contributed by atoms with Crippen molar-refractivity contribution >= 4 is 51.7 Å². The van der Waals surface area contributed by atoms with Gasteiger partial charge >= 0.3 is 5.97 Å². The SMILES string of the molecule is O=C(CN1C(=O)C(NC(=O)c2nccc3ccccc23)CN(C(=O)CO)c2cc(F)ccc21)NC1CC(=O)OC1OCc1ccccc1. The van der Waals surface area contributed by atoms with Crippen LogP contribution in [0.2, 0.25) is 0 Å². The molecule has 3 N–H and O–H groups in total. The summed E-state index contributed by atoms with van der Waals surface area (Å²) in [6.07, 6.45) is 0.161. The van der Waals surface area contributed by atoms with Crippen LogP contribution in [0, 0.1) is 5.82 Å². The van der Waals surface area contributed by atoms with Crippen LogP contribution in [0.4, 0.5) is 15.8 Å². The van der Waals surface area contributed by atoms with Gasteiger partial charge in [0.15, 0.2) is 0 Å². The molecule has 1 fully saturated rings. The lowest BCUT2D eigenvalue weighted by Gasteiger charge is -2.26. The number of fused-ring (bicyclic) bond motifs is 2. The molecule has 6 rings (SSSR count). The maximum Gasteiger partial charge on any atom is 0.310 e. The van der Waals surface area contributed by atoms with Crippen LogP contribution in [0.15, 0.2) is 85.1 Å². The van der Waals surface area contributed by atoms with Gasteiger partial charge in [-0.3, -0.25) is 33.9 Å². The van der Waals surface area contributed by atoms with Gasteiger partial charge in [0.05, 0.1) is 30.9 Å². The van der Waals surface area contributed by atoms with Crippen LogP contribution in [0.1, 0.15) is 22.5 Å². The average molecular weight is 656 g/mol. The van der Waals surface area contributed by atoms with Crippen LogP contribution in [0.3, 0.4) is 0 Å². The molecule has 0 aliphatic carbocycles. The molecule has 3 unspecified atom stereocenters. The maximum absolute atomic E-state index is 14.6. The van der Waals surface area contributed by atoms with Crippen molar-refractivity contribution in [2.75, 3.05) is 29.5 Å². The summed E-state index contributed by atoms with van der Waals surface area (Å²) in [5, 5.41) is 16.3. The van der Waals surface area contributed by atoms with Crippen molar-refractivity contribution in [3.63, 3.8) is 0 Å². The highest BCUT2D eigenvalue weighted by atomic mass is 19.1. The zero-order valence-electron chi connectivity index (χ0n) is 25.4. The lowest BCUT2D eigenvalue weighted by atomic mass is 10.1.